The van der Waals surface area contributed by atoms with Gasteiger partial charge < -0.3 is 25.0 Å². The molecule has 1 atom stereocenters. The lowest BCUT2D eigenvalue weighted by molar-refractivity contribution is 0.0692. The third-order valence-electron chi connectivity index (χ3n) is 5.22. The molecular formula is C27H31NO5. The first-order chi connectivity index (χ1) is 16.1. The molecule has 0 aliphatic heterocycles. The van der Waals surface area contributed by atoms with Crippen LogP contribution in [-0.4, -0.2) is 42.5 Å². The molecule has 174 valence electrons. The van der Waals surface area contributed by atoms with E-state index in [9.17, 15) is 15.0 Å². The number of hydrogen-bond donors (Lipinski definition) is 3. The molecule has 3 rings (SSSR count). The highest BCUT2D eigenvalue weighted by Crippen LogP contribution is 2.29. The number of aliphatic hydroxyl groups excluding tert-OH is 1. The van der Waals surface area contributed by atoms with Gasteiger partial charge in [-0.2, -0.15) is 0 Å². The molecule has 33 heavy (non-hydrogen) atoms. The maximum atomic E-state index is 11.5. The zero-order valence-corrected chi connectivity index (χ0v) is 18.9. The maximum Gasteiger partial charge on any atom is 0.339 e. The Morgan fingerprint density at radius 1 is 0.939 bits per heavy atom. The van der Waals surface area contributed by atoms with Crippen molar-refractivity contribution in [3.05, 3.63) is 83.9 Å². The fraction of sp³-hybridized carbons (Fsp3) is 0.296. The van der Waals surface area contributed by atoms with Crippen LogP contribution in [0.25, 0.3) is 11.1 Å². The lowest BCUT2D eigenvalue weighted by Gasteiger charge is -2.13. The van der Waals surface area contributed by atoms with Crippen LogP contribution in [0.5, 0.6) is 11.5 Å². The topological polar surface area (TPSA) is 88.0 Å². The number of ether oxygens (including phenoxy) is 2. The number of carboxylic acids is 1. The van der Waals surface area contributed by atoms with Crippen LogP contribution in [0.4, 0.5) is 0 Å². The van der Waals surface area contributed by atoms with Crippen LogP contribution < -0.4 is 14.8 Å². The van der Waals surface area contributed by atoms with Gasteiger partial charge in [0.2, 0.25) is 0 Å². The molecule has 0 aromatic heterocycles. The van der Waals surface area contributed by atoms with E-state index in [2.05, 4.69) is 12.2 Å². The summed E-state index contributed by atoms with van der Waals surface area (Å²) in [7, 11) is 0. The van der Waals surface area contributed by atoms with Gasteiger partial charge in [-0.25, -0.2) is 4.79 Å². The van der Waals surface area contributed by atoms with Gasteiger partial charge in [-0.15, -0.1) is 0 Å². The molecule has 0 amide bonds. The molecule has 6 heteroatoms. The number of carbonyl (C=O) groups is 1. The van der Waals surface area contributed by atoms with Crippen molar-refractivity contribution in [2.24, 2.45) is 0 Å². The van der Waals surface area contributed by atoms with Gasteiger partial charge in [0.05, 0.1) is 12.7 Å². The quantitative estimate of drug-likeness (QED) is 0.321. The second-order valence-electron chi connectivity index (χ2n) is 7.72. The standard InChI is InChI=1S/C27H31NO5/c1-2-3-16-33-26-18-22(11-14-24(26)27(30)31)20-9-12-23(13-10-20)32-17-15-28-19-25(29)21-7-5-4-6-8-21/h4-14,18,25,28-29H,2-3,15-17,19H2,1H3,(H,30,31)/t25-/m0/s1. The van der Waals surface area contributed by atoms with Crippen LogP contribution in [0.2, 0.25) is 0 Å². The lowest BCUT2D eigenvalue weighted by Crippen LogP contribution is -2.26. The lowest BCUT2D eigenvalue weighted by atomic mass is 10.0. The molecule has 0 aliphatic rings. The van der Waals surface area contributed by atoms with Crippen molar-refractivity contribution in [1.82, 2.24) is 5.32 Å². The summed E-state index contributed by atoms with van der Waals surface area (Å²) in [6.45, 7) is 4.10. The molecule has 0 aliphatic carbocycles. The Morgan fingerprint density at radius 2 is 1.67 bits per heavy atom. The molecule has 0 heterocycles. The first kappa shape index (κ1) is 24.3. The van der Waals surface area contributed by atoms with E-state index < -0.39 is 12.1 Å². The highest BCUT2D eigenvalue weighted by atomic mass is 16.5. The molecule has 0 spiro atoms. The molecule has 0 radical (unpaired) electrons. The average molecular weight is 450 g/mol. The van der Waals surface area contributed by atoms with E-state index in [-0.39, 0.29) is 5.56 Å². The Balaban J connectivity index is 1.51. The minimum atomic E-state index is -0.998. The van der Waals surface area contributed by atoms with Crippen LogP contribution in [0, 0.1) is 0 Å². The first-order valence-electron chi connectivity index (χ1n) is 11.3. The Labute approximate surface area is 194 Å². The third-order valence-corrected chi connectivity index (χ3v) is 5.22. The van der Waals surface area contributed by atoms with Gasteiger partial charge >= 0.3 is 5.97 Å². The number of unbranched alkanes of at least 4 members (excludes halogenated alkanes) is 1. The highest BCUT2D eigenvalue weighted by Gasteiger charge is 2.13. The number of aromatic carboxylic acids is 1. The SMILES string of the molecule is CCCCOc1cc(-c2ccc(OCCNC[C@H](O)c3ccccc3)cc2)ccc1C(=O)O. The number of nitrogens with one attached hydrogen (secondary N) is 1. The average Bonchev–Trinajstić information content (AvgIpc) is 2.84. The van der Waals surface area contributed by atoms with Gasteiger partial charge in [-0.3, -0.25) is 0 Å². The van der Waals surface area contributed by atoms with E-state index in [1.165, 1.54) is 0 Å². The molecule has 3 aromatic carbocycles. The summed E-state index contributed by atoms with van der Waals surface area (Å²) in [6.07, 6.45) is 1.30. The van der Waals surface area contributed by atoms with E-state index in [0.717, 1.165) is 35.3 Å². The Bertz CT molecular complexity index is 1000. The van der Waals surface area contributed by atoms with E-state index in [4.69, 9.17) is 9.47 Å². The van der Waals surface area contributed by atoms with Gasteiger partial charge in [0.1, 0.15) is 23.7 Å². The highest BCUT2D eigenvalue weighted by molar-refractivity contribution is 5.92. The normalized spacial score (nSPS) is 11.7. The second kappa shape index (κ2) is 12.6. The van der Waals surface area contributed by atoms with Gasteiger partial charge in [-0.05, 0) is 47.4 Å². The summed E-state index contributed by atoms with van der Waals surface area (Å²) < 4.78 is 11.5. The monoisotopic (exact) mass is 449 g/mol. The number of rotatable bonds is 13. The summed E-state index contributed by atoms with van der Waals surface area (Å²) in [6, 6.07) is 22.3. The van der Waals surface area contributed by atoms with Gasteiger partial charge in [0, 0.05) is 13.1 Å². The van der Waals surface area contributed by atoms with Crippen molar-refractivity contribution in [3.8, 4) is 22.6 Å². The molecule has 0 unspecified atom stereocenters. The fourth-order valence-corrected chi connectivity index (χ4v) is 3.34. The van der Waals surface area contributed by atoms with Crippen LogP contribution >= 0.6 is 0 Å². The van der Waals surface area contributed by atoms with Crippen LogP contribution in [0.1, 0.15) is 41.8 Å². The van der Waals surface area contributed by atoms with Crippen molar-refractivity contribution in [3.63, 3.8) is 0 Å². The smallest absolute Gasteiger partial charge is 0.339 e. The number of aliphatic hydroxyl groups is 1. The molecule has 3 aromatic rings. The molecule has 0 saturated carbocycles. The molecule has 6 nitrogen and oxygen atoms in total. The van der Waals surface area contributed by atoms with Crippen LogP contribution in [0.15, 0.2) is 72.8 Å². The van der Waals surface area contributed by atoms with E-state index in [1.807, 2.05) is 54.6 Å². The van der Waals surface area contributed by atoms with E-state index in [1.54, 1.807) is 18.2 Å². The van der Waals surface area contributed by atoms with Crippen molar-refractivity contribution < 1.29 is 24.5 Å². The van der Waals surface area contributed by atoms with Crippen molar-refractivity contribution in [2.45, 2.75) is 25.9 Å². The predicted octanol–water partition coefficient (Wildman–Crippen LogP) is 4.93. The van der Waals surface area contributed by atoms with Crippen LogP contribution in [0.3, 0.4) is 0 Å². The minimum Gasteiger partial charge on any atom is -0.493 e. The molecule has 0 saturated heterocycles. The largest absolute Gasteiger partial charge is 0.493 e. The first-order valence-corrected chi connectivity index (χ1v) is 11.3. The molecular weight excluding hydrogens is 418 g/mol. The second-order valence-corrected chi connectivity index (χ2v) is 7.72. The van der Waals surface area contributed by atoms with Gasteiger partial charge in [0.25, 0.3) is 0 Å². The summed E-state index contributed by atoms with van der Waals surface area (Å²) in [4.78, 5) is 11.5. The zero-order chi connectivity index (χ0) is 23.5. The molecule has 0 bridgehead atoms. The summed E-state index contributed by atoms with van der Waals surface area (Å²) in [5.41, 5.74) is 2.88. The Morgan fingerprint density at radius 3 is 2.36 bits per heavy atom. The minimum absolute atomic E-state index is 0.166. The van der Waals surface area contributed by atoms with E-state index >= 15 is 0 Å². The predicted molar refractivity (Wildman–Crippen MR) is 129 cm³/mol. The zero-order valence-electron chi connectivity index (χ0n) is 18.9. The number of hydrogen-bond acceptors (Lipinski definition) is 5. The fourth-order valence-electron chi connectivity index (χ4n) is 3.34. The van der Waals surface area contributed by atoms with Crippen molar-refractivity contribution >= 4 is 5.97 Å². The summed E-state index contributed by atoms with van der Waals surface area (Å²) in [5, 5.41) is 22.8. The van der Waals surface area contributed by atoms with Crippen molar-refractivity contribution in [1.29, 1.82) is 0 Å². The van der Waals surface area contributed by atoms with E-state index in [0.29, 0.717) is 32.1 Å². The van der Waals surface area contributed by atoms with Crippen molar-refractivity contribution in [2.75, 3.05) is 26.3 Å². The molecule has 3 N–H and O–H groups in total. The Kier molecular flexibility index (Phi) is 9.30. The number of carboxylic acid groups (broad SMARTS) is 1. The van der Waals surface area contributed by atoms with Gasteiger partial charge in [-0.1, -0.05) is 61.9 Å². The number of benzene rings is 3. The summed E-state index contributed by atoms with van der Waals surface area (Å²) >= 11 is 0. The third kappa shape index (κ3) is 7.34. The van der Waals surface area contributed by atoms with Crippen LogP contribution in [-0.2, 0) is 0 Å². The summed E-state index contributed by atoms with van der Waals surface area (Å²) in [5.74, 6) is 0.130. The maximum absolute atomic E-state index is 11.5. The Hall–Kier alpha value is -3.35. The van der Waals surface area contributed by atoms with Gasteiger partial charge in [0.15, 0.2) is 0 Å². The molecule has 0 fully saturated rings.